The number of rotatable bonds is 11. The second-order valence-electron chi connectivity index (χ2n) is 11.1. The first-order valence-electron chi connectivity index (χ1n) is 13.6. The van der Waals surface area contributed by atoms with Crippen molar-refractivity contribution in [3.63, 3.8) is 0 Å². The zero-order valence-corrected chi connectivity index (χ0v) is 23.7. The van der Waals surface area contributed by atoms with E-state index in [0.717, 1.165) is 41.5 Å². The average molecular weight is 535 g/mol. The number of hydrogen-bond acceptors (Lipinski definition) is 4. The molecular formula is C33H39FO5. The summed E-state index contributed by atoms with van der Waals surface area (Å²) in [6.07, 6.45) is 2.32. The molecule has 0 bridgehead atoms. The van der Waals surface area contributed by atoms with Gasteiger partial charge >= 0.3 is 5.97 Å². The van der Waals surface area contributed by atoms with Crippen molar-refractivity contribution in [3.8, 4) is 22.6 Å². The Kier molecular flexibility index (Phi) is 8.65. The molecule has 0 spiro atoms. The van der Waals surface area contributed by atoms with E-state index in [1.165, 1.54) is 11.6 Å². The molecule has 1 N–H and O–H groups in total. The Balaban J connectivity index is 1.68. The van der Waals surface area contributed by atoms with Gasteiger partial charge in [-0.15, -0.1) is 0 Å². The molecule has 0 unspecified atom stereocenters. The second kappa shape index (κ2) is 11.8. The first-order valence-corrected chi connectivity index (χ1v) is 13.6. The third-order valence-corrected chi connectivity index (χ3v) is 8.36. The van der Waals surface area contributed by atoms with Crippen molar-refractivity contribution in [1.82, 2.24) is 0 Å². The van der Waals surface area contributed by atoms with Crippen LogP contribution < -0.4 is 9.47 Å². The Labute approximate surface area is 230 Å². The van der Waals surface area contributed by atoms with Gasteiger partial charge in [-0.2, -0.15) is 0 Å². The maximum absolute atomic E-state index is 15.1. The number of hydrogen-bond donors (Lipinski definition) is 1. The van der Waals surface area contributed by atoms with Crippen LogP contribution in [0.15, 0.2) is 54.6 Å². The van der Waals surface area contributed by atoms with Crippen LogP contribution in [0, 0.1) is 17.2 Å². The van der Waals surface area contributed by atoms with Crippen LogP contribution in [-0.2, 0) is 22.6 Å². The molecule has 0 aromatic heterocycles. The quantitative estimate of drug-likeness (QED) is 0.270. The lowest BCUT2D eigenvalue weighted by molar-refractivity contribution is -0.141. The summed E-state index contributed by atoms with van der Waals surface area (Å²) >= 11 is 0. The molecule has 0 fully saturated rings. The number of aliphatic carboxylic acids is 1. The number of aryl methyl sites for hydroxylation is 1. The number of ether oxygens (including phenoxy) is 3. The highest BCUT2D eigenvalue weighted by atomic mass is 19.1. The van der Waals surface area contributed by atoms with E-state index >= 15 is 4.39 Å². The summed E-state index contributed by atoms with van der Waals surface area (Å²) in [5, 5.41) is 9.53. The van der Waals surface area contributed by atoms with Gasteiger partial charge in [-0.3, -0.25) is 4.79 Å². The van der Waals surface area contributed by atoms with Crippen LogP contribution in [-0.4, -0.2) is 25.3 Å². The zero-order chi connectivity index (χ0) is 28.3. The van der Waals surface area contributed by atoms with Gasteiger partial charge in [0, 0.05) is 12.7 Å². The molecule has 0 saturated carbocycles. The van der Waals surface area contributed by atoms with Crippen molar-refractivity contribution < 1.29 is 28.5 Å². The summed E-state index contributed by atoms with van der Waals surface area (Å²) in [6.45, 7) is 8.50. The largest absolute Gasteiger partial charge is 0.497 e. The molecule has 6 heteroatoms. The highest BCUT2D eigenvalue weighted by Crippen LogP contribution is 2.44. The summed E-state index contributed by atoms with van der Waals surface area (Å²) in [4.78, 5) is 11.6. The van der Waals surface area contributed by atoms with Crippen LogP contribution in [0.25, 0.3) is 11.1 Å². The molecule has 4 rings (SSSR count). The molecule has 1 aliphatic carbocycles. The fraction of sp³-hybridized carbons (Fsp3) is 0.424. The van der Waals surface area contributed by atoms with Gasteiger partial charge in [0.05, 0.1) is 19.1 Å². The predicted octanol–water partition coefficient (Wildman–Crippen LogP) is 7.95. The SMILES string of the molecule is CCC(C)(C)[C@@H](OC)c1cc(COc2ccc3c(c2)[C@@H]([C@H](C)C(=O)O)CC3)ccc1-c1cc(OC)ccc1F. The van der Waals surface area contributed by atoms with Gasteiger partial charge < -0.3 is 19.3 Å². The molecule has 0 amide bonds. The van der Waals surface area contributed by atoms with E-state index in [9.17, 15) is 9.90 Å². The Bertz CT molecular complexity index is 1330. The van der Waals surface area contributed by atoms with E-state index in [2.05, 4.69) is 20.8 Å². The van der Waals surface area contributed by atoms with Crippen molar-refractivity contribution in [2.24, 2.45) is 11.3 Å². The standard InChI is InChI=1S/C33H39FO5/c1-7-33(3,4)31(38-6)29-16-21(8-13-26(29)28-17-23(37-5)12-15-30(28)34)19-39-24-11-9-22-10-14-25(27(22)18-24)20(2)32(35)36/h8-9,11-13,15-18,20,25,31H,7,10,14,19H2,1-6H3,(H,35,36)/t20-,25+,31-/m0/s1. The summed E-state index contributed by atoms with van der Waals surface area (Å²) in [6, 6.07) is 16.7. The predicted molar refractivity (Wildman–Crippen MR) is 151 cm³/mol. The fourth-order valence-electron chi connectivity index (χ4n) is 5.61. The average Bonchev–Trinajstić information content (AvgIpc) is 3.35. The topological polar surface area (TPSA) is 65.0 Å². The van der Waals surface area contributed by atoms with Crippen molar-refractivity contribution in [1.29, 1.82) is 0 Å². The van der Waals surface area contributed by atoms with Crippen molar-refractivity contribution in [2.75, 3.05) is 14.2 Å². The number of carbonyl (C=O) groups is 1. The van der Waals surface area contributed by atoms with Crippen LogP contribution >= 0.6 is 0 Å². The smallest absolute Gasteiger partial charge is 0.306 e. The summed E-state index contributed by atoms with van der Waals surface area (Å²) < 4.78 is 32.7. The summed E-state index contributed by atoms with van der Waals surface area (Å²) in [5.41, 5.74) is 5.10. The third-order valence-electron chi connectivity index (χ3n) is 8.36. The number of halogens is 1. The van der Waals surface area contributed by atoms with Gasteiger partial charge in [-0.05, 0) is 94.8 Å². The highest BCUT2D eigenvalue weighted by Gasteiger charge is 2.33. The van der Waals surface area contributed by atoms with Crippen LogP contribution in [0.3, 0.4) is 0 Å². The molecule has 3 atom stereocenters. The monoisotopic (exact) mass is 534 g/mol. The number of carboxylic acids is 1. The Morgan fingerprint density at radius 3 is 2.46 bits per heavy atom. The van der Waals surface area contributed by atoms with Crippen molar-refractivity contribution in [2.45, 2.75) is 65.6 Å². The fourth-order valence-corrected chi connectivity index (χ4v) is 5.61. The van der Waals surface area contributed by atoms with E-state index in [4.69, 9.17) is 14.2 Å². The molecule has 208 valence electrons. The molecule has 1 aliphatic rings. The molecule has 5 nitrogen and oxygen atoms in total. The molecule has 3 aromatic rings. The minimum atomic E-state index is -0.776. The number of benzene rings is 3. The Morgan fingerprint density at radius 2 is 1.79 bits per heavy atom. The number of methoxy groups -OCH3 is 2. The van der Waals surface area contributed by atoms with E-state index in [1.807, 2.05) is 36.4 Å². The van der Waals surface area contributed by atoms with Gasteiger partial charge in [-0.1, -0.05) is 45.9 Å². The van der Waals surface area contributed by atoms with E-state index in [0.29, 0.717) is 23.7 Å². The van der Waals surface area contributed by atoms with E-state index in [1.54, 1.807) is 33.3 Å². The third kappa shape index (κ3) is 5.96. The van der Waals surface area contributed by atoms with E-state index in [-0.39, 0.29) is 23.3 Å². The summed E-state index contributed by atoms with van der Waals surface area (Å²) in [7, 11) is 3.26. The van der Waals surface area contributed by atoms with Gasteiger partial charge in [0.25, 0.3) is 0 Å². The lowest BCUT2D eigenvalue weighted by Gasteiger charge is -2.34. The lowest BCUT2D eigenvalue weighted by Crippen LogP contribution is -2.24. The van der Waals surface area contributed by atoms with Crippen LogP contribution in [0.5, 0.6) is 11.5 Å². The molecule has 0 saturated heterocycles. The van der Waals surface area contributed by atoms with Gasteiger partial charge in [0.2, 0.25) is 0 Å². The number of carboxylic acid groups (broad SMARTS) is 1. The lowest BCUT2D eigenvalue weighted by atomic mass is 9.77. The zero-order valence-electron chi connectivity index (χ0n) is 23.7. The van der Waals surface area contributed by atoms with Gasteiger partial charge in [0.15, 0.2) is 0 Å². The van der Waals surface area contributed by atoms with E-state index < -0.39 is 11.9 Å². The first-order chi connectivity index (χ1) is 18.6. The molecule has 0 radical (unpaired) electrons. The minimum Gasteiger partial charge on any atom is -0.497 e. The van der Waals surface area contributed by atoms with Gasteiger partial charge in [-0.25, -0.2) is 4.39 Å². The molecule has 3 aromatic carbocycles. The van der Waals surface area contributed by atoms with Crippen LogP contribution in [0.2, 0.25) is 0 Å². The Hall–Kier alpha value is -3.38. The van der Waals surface area contributed by atoms with Gasteiger partial charge in [0.1, 0.15) is 23.9 Å². The van der Waals surface area contributed by atoms with Crippen molar-refractivity contribution in [3.05, 3.63) is 82.7 Å². The molecule has 0 aliphatic heterocycles. The molecule has 39 heavy (non-hydrogen) atoms. The summed E-state index contributed by atoms with van der Waals surface area (Å²) in [5.74, 6) is -0.263. The van der Waals surface area contributed by atoms with Crippen molar-refractivity contribution >= 4 is 5.97 Å². The maximum atomic E-state index is 15.1. The second-order valence-corrected chi connectivity index (χ2v) is 11.1. The Morgan fingerprint density at radius 1 is 1.05 bits per heavy atom. The first kappa shape index (κ1) is 28.6. The normalized spacial score (nSPS) is 16.4. The maximum Gasteiger partial charge on any atom is 0.306 e. The molecule has 0 heterocycles. The highest BCUT2D eigenvalue weighted by molar-refractivity contribution is 5.72. The van der Waals surface area contributed by atoms with Crippen LogP contribution in [0.1, 0.15) is 74.8 Å². The minimum absolute atomic E-state index is 0.0107. The van der Waals surface area contributed by atoms with Crippen LogP contribution in [0.4, 0.5) is 4.39 Å². The number of fused-ring (bicyclic) bond motifs is 1. The molecular weight excluding hydrogens is 495 g/mol.